The Morgan fingerprint density at radius 3 is 1.61 bits per heavy atom. The van der Waals surface area contributed by atoms with Crippen LogP contribution < -0.4 is 0 Å². The summed E-state index contributed by atoms with van der Waals surface area (Å²) in [5.74, 6) is -2.18. The molecule has 0 spiro atoms. The zero-order valence-corrected chi connectivity index (χ0v) is 15.8. The van der Waals surface area contributed by atoms with Gasteiger partial charge in [-0.15, -0.1) is 0 Å². The second-order valence-corrected chi connectivity index (χ2v) is 6.33. The molecule has 0 saturated carbocycles. The molecule has 166 valence electrons. The number of alkyl halides is 6. The fourth-order valence-electron chi connectivity index (χ4n) is 2.55. The zero-order valence-electron chi connectivity index (χ0n) is 15.8. The molecular weight excluding hydrogens is 430 g/mol. The molecule has 0 amide bonds. The molecule has 0 unspecified atom stereocenters. The molecule has 2 rings (SSSR count). The maximum absolute atomic E-state index is 12.9. The molecule has 0 fully saturated rings. The van der Waals surface area contributed by atoms with Crippen LogP contribution in [0.25, 0.3) is 0 Å². The maximum Gasteiger partial charge on any atom is 0.416 e. The van der Waals surface area contributed by atoms with Crippen LogP contribution in [0.2, 0.25) is 0 Å². The number of benzene rings is 2. The minimum Gasteiger partial charge on any atom is -0.461 e. The number of hydrogen-bond acceptors (Lipinski definition) is 4. The fourth-order valence-corrected chi connectivity index (χ4v) is 2.55. The molecule has 0 atom stereocenters. The monoisotopic (exact) mass is 446 g/mol. The van der Waals surface area contributed by atoms with E-state index in [1.54, 1.807) is 0 Å². The highest BCUT2D eigenvalue weighted by molar-refractivity contribution is 5.93. The van der Waals surface area contributed by atoms with Crippen LogP contribution in [-0.4, -0.2) is 11.9 Å². The van der Waals surface area contributed by atoms with Crippen LogP contribution in [0, 0.1) is 0 Å². The van der Waals surface area contributed by atoms with Crippen LogP contribution in [-0.2, 0) is 44.6 Å². The van der Waals surface area contributed by atoms with Crippen LogP contribution in [0.1, 0.15) is 28.7 Å². The summed E-state index contributed by atoms with van der Waals surface area (Å²) in [5, 5.41) is 0. The number of hydrogen-bond donors (Lipinski definition) is 0. The van der Waals surface area contributed by atoms with E-state index < -0.39 is 60.6 Å². The summed E-state index contributed by atoms with van der Waals surface area (Å²) in [6, 6.07) is 8.97. The third kappa shape index (κ3) is 6.87. The maximum atomic E-state index is 12.9. The average molecular weight is 446 g/mol. The van der Waals surface area contributed by atoms with Crippen molar-refractivity contribution in [2.24, 2.45) is 0 Å². The molecule has 10 heteroatoms. The SMILES string of the molecule is C=C(CC(=O)OCc1ccccc1C(F)(F)F)C(=O)OCc1ccccc1C(F)(F)F. The summed E-state index contributed by atoms with van der Waals surface area (Å²) in [4.78, 5) is 23.7. The normalized spacial score (nSPS) is 11.7. The summed E-state index contributed by atoms with van der Waals surface area (Å²) in [6.07, 6.45) is -9.98. The number of halogens is 6. The summed E-state index contributed by atoms with van der Waals surface area (Å²) in [7, 11) is 0. The second-order valence-electron chi connectivity index (χ2n) is 6.33. The average Bonchev–Trinajstić information content (AvgIpc) is 2.69. The quantitative estimate of drug-likeness (QED) is 0.322. The van der Waals surface area contributed by atoms with Crippen LogP contribution >= 0.6 is 0 Å². The van der Waals surface area contributed by atoms with E-state index in [1.807, 2.05) is 0 Å². The number of carbonyl (C=O) groups excluding carboxylic acids is 2. The molecule has 0 N–H and O–H groups in total. The first-order valence-corrected chi connectivity index (χ1v) is 8.70. The van der Waals surface area contributed by atoms with Gasteiger partial charge >= 0.3 is 24.3 Å². The standard InChI is InChI=1S/C21H16F6O4/c1-13(19(29)31-12-15-7-3-5-9-17(15)21(25,26)27)10-18(28)30-11-14-6-2-4-8-16(14)20(22,23)24/h2-9H,1,10-12H2. The fraction of sp³-hybridized carbons (Fsp3) is 0.238. The first kappa shape index (κ1) is 24.0. The van der Waals surface area contributed by atoms with Gasteiger partial charge in [0.15, 0.2) is 0 Å². The van der Waals surface area contributed by atoms with Crippen molar-refractivity contribution in [2.75, 3.05) is 0 Å². The molecule has 0 bridgehead atoms. The van der Waals surface area contributed by atoms with Crippen molar-refractivity contribution >= 4 is 11.9 Å². The Morgan fingerprint density at radius 1 is 0.742 bits per heavy atom. The lowest BCUT2D eigenvalue weighted by Crippen LogP contribution is -2.16. The van der Waals surface area contributed by atoms with Crippen LogP contribution in [0.5, 0.6) is 0 Å². The van der Waals surface area contributed by atoms with Crippen molar-refractivity contribution in [3.8, 4) is 0 Å². The van der Waals surface area contributed by atoms with Gasteiger partial charge in [0.05, 0.1) is 17.5 Å². The van der Waals surface area contributed by atoms with E-state index in [0.29, 0.717) is 0 Å². The van der Waals surface area contributed by atoms with Crippen molar-refractivity contribution in [2.45, 2.75) is 32.0 Å². The van der Waals surface area contributed by atoms with Gasteiger partial charge in [-0.05, 0) is 12.1 Å². The van der Waals surface area contributed by atoms with Gasteiger partial charge in [0.25, 0.3) is 0 Å². The van der Waals surface area contributed by atoms with E-state index in [0.717, 1.165) is 24.3 Å². The summed E-state index contributed by atoms with van der Waals surface area (Å²) < 4.78 is 87.1. The van der Waals surface area contributed by atoms with Crippen LogP contribution in [0.3, 0.4) is 0 Å². The third-order valence-corrected chi connectivity index (χ3v) is 4.04. The number of esters is 2. The van der Waals surface area contributed by atoms with E-state index in [-0.39, 0.29) is 11.1 Å². The minimum absolute atomic E-state index is 0.278. The van der Waals surface area contributed by atoms with Gasteiger partial charge in [0.2, 0.25) is 0 Å². The molecule has 0 aliphatic rings. The predicted molar refractivity (Wildman–Crippen MR) is 96.2 cm³/mol. The largest absolute Gasteiger partial charge is 0.461 e. The van der Waals surface area contributed by atoms with Gasteiger partial charge < -0.3 is 9.47 Å². The molecule has 0 heterocycles. The van der Waals surface area contributed by atoms with E-state index in [9.17, 15) is 35.9 Å². The van der Waals surface area contributed by atoms with Crippen molar-refractivity contribution in [1.29, 1.82) is 0 Å². The molecule has 2 aromatic rings. The molecule has 2 aromatic carbocycles. The van der Waals surface area contributed by atoms with E-state index in [4.69, 9.17) is 9.47 Å². The highest BCUT2D eigenvalue weighted by Crippen LogP contribution is 2.33. The zero-order chi connectivity index (χ0) is 23.2. The van der Waals surface area contributed by atoms with Gasteiger partial charge in [-0.2, -0.15) is 26.3 Å². The summed E-state index contributed by atoms with van der Waals surface area (Å²) in [6.45, 7) is 1.92. The molecule has 0 radical (unpaired) electrons. The minimum atomic E-state index is -4.64. The topological polar surface area (TPSA) is 52.6 Å². The number of carbonyl (C=O) groups is 2. The molecule has 4 nitrogen and oxygen atoms in total. The van der Waals surface area contributed by atoms with Crippen LogP contribution in [0.15, 0.2) is 60.7 Å². The summed E-state index contributed by atoms with van der Waals surface area (Å²) >= 11 is 0. The van der Waals surface area contributed by atoms with E-state index in [2.05, 4.69) is 6.58 Å². The Labute approximate surface area is 173 Å². The van der Waals surface area contributed by atoms with Gasteiger partial charge in [-0.25, -0.2) is 4.79 Å². The van der Waals surface area contributed by atoms with E-state index >= 15 is 0 Å². The highest BCUT2D eigenvalue weighted by atomic mass is 19.4. The van der Waals surface area contributed by atoms with Gasteiger partial charge in [0.1, 0.15) is 13.2 Å². The summed E-state index contributed by atoms with van der Waals surface area (Å²) in [5.41, 5.74) is -2.93. The lowest BCUT2D eigenvalue weighted by atomic mass is 10.1. The van der Waals surface area contributed by atoms with Crippen molar-refractivity contribution in [1.82, 2.24) is 0 Å². The smallest absolute Gasteiger partial charge is 0.416 e. The van der Waals surface area contributed by atoms with E-state index in [1.165, 1.54) is 24.3 Å². The first-order valence-electron chi connectivity index (χ1n) is 8.70. The molecule has 0 aromatic heterocycles. The van der Waals surface area contributed by atoms with Gasteiger partial charge in [-0.3, -0.25) is 4.79 Å². The van der Waals surface area contributed by atoms with Crippen molar-refractivity contribution < 1.29 is 45.4 Å². The second kappa shape index (κ2) is 9.67. The first-order chi connectivity index (χ1) is 14.4. The van der Waals surface area contributed by atoms with Crippen molar-refractivity contribution in [3.05, 3.63) is 82.9 Å². The molecule has 0 saturated heterocycles. The van der Waals surface area contributed by atoms with Gasteiger partial charge in [-0.1, -0.05) is 43.0 Å². The molecule has 31 heavy (non-hydrogen) atoms. The Bertz CT molecular complexity index is 963. The Hall–Kier alpha value is -3.30. The third-order valence-electron chi connectivity index (χ3n) is 4.04. The predicted octanol–water partition coefficient (Wildman–Crippen LogP) is 5.46. The Balaban J connectivity index is 1.90. The lowest BCUT2D eigenvalue weighted by molar-refractivity contribution is -0.149. The Morgan fingerprint density at radius 2 is 1.16 bits per heavy atom. The molecule has 0 aliphatic heterocycles. The Kier molecular flexibility index (Phi) is 7.48. The highest BCUT2D eigenvalue weighted by Gasteiger charge is 2.34. The molecular formula is C21H16F6O4. The molecule has 0 aliphatic carbocycles. The number of ether oxygens (including phenoxy) is 2. The van der Waals surface area contributed by atoms with Crippen LogP contribution in [0.4, 0.5) is 26.3 Å². The van der Waals surface area contributed by atoms with Crippen molar-refractivity contribution in [3.63, 3.8) is 0 Å². The lowest BCUT2D eigenvalue weighted by Gasteiger charge is -2.14. The number of rotatable bonds is 7. The van der Waals surface area contributed by atoms with Gasteiger partial charge in [0, 0.05) is 16.7 Å².